The highest BCUT2D eigenvalue weighted by molar-refractivity contribution is 9.10. The molecule has 6 heteroatoms. The second-order valence-electron chi connectivity index (χ2n) is 7.44. The van der Waals surface area contributed by atoms with Crippen LogP contribution in [0.5, 0.6) is 11.5 Å². The molecule has 1 saturated heterocycles. The fourth-order valence-electron chi connectivity index (χ4n) is 3.70. The van der Waals surface area contributed by atoms with Crippen LogP contribution in [-0.2, 0) is 6.54 Å². The Balaban J connectivity index is 1.69. The van der Waals surface area contributed by atoms with Gasteiger partial charge < -0.3 is 14.7 Å². The number of fused-ring (bicyclic) bond motifs is 1. The van der Waals surface area contributed by atoms with Crippen molar-refractivity contribution in [2.75, 3.05) is 33.2 Å². The summed E-state index contributed by atoms with van der Waals surface area (Å²) in [4.78, 5) is 17.6. The molecule has 146 valence electrons. The van der Waals surface area contributed by atoms with Crippen molar-refractivity contribution < 1.29 is 14.6 Å². The van der Waals surface area contributed by atoms with Crippen LogP contribution in [0.1, 0.15) is 27.0 Å². The molecule has 0 unspecified atom stereocenters. The third kappa shape index (κ3) is 3.60. The lowest BCUT2D eigenvalue weighted by Gasteiger charge is -2.32. The van der Waals surface area contributed by atoms with E-state index in [9.17, 15) is 9.90 Å². The van der Waals surface area contributed by atoms with Crippen LogP contribution in [0.2, 0.25) is 0 Å². The lowest BCUT2D eigenvalue weighted by atomic mass is 9.99. The third-order valence-electron chi connectivity index (χ3n) is 5.39. The van der Waals surface area contributed by atoms with Crippen LogP contribution in [0.25, 0.3) is 6.08 Å². The first-order valence-electron chi connectivity index (χ1n) is 9.39. The van der Waals surface area contributed by atoms with Gasteiger partial charge in [-0.3, -0.25) is 9.69 Å². The van der Waals surface area contributed by atoms with Crippen LogP contribution in [0, 0.1) is 6.92 Å². The number of benzene rings is 2. The predicted octanol–water partition coefficient (Wildman–Crippen LogP) is 3.83. The summed E-state index contributed by atoms with van der Waals surface area (Å²) >= 11 is 3.51. The molecule has 2 heterocycles. The molecule has 0 atom stereocenters. The Kier molecular flexibility index (Phi) is 5.27. The summed E-state index contributed by atoms with van der Waals surface area (Å²) in [6.07, 6.45) is 1.75. The van der Waals surface area contributed by atoms with Crippen molar-refractivity contribution in [3.63, 3.8) is 0 Å². The maximum Gasteiger partial charge on any atom is 0.232 e. The van der Waals surface area contributed by atoms with Crippen LogP contribution in [0.3, 0.4) is 0 Å². The number of nitrogens with zero attached hydrogens (tertiary/aromatic N) is 2. The monoisotopic (exact) mass is 442 g/mol. The normalized spacial score (nSPS) is 19.1. The molecular formula is C22H23BrN2O3. The fourth-order valence-corrected chi connectivity index (χ4v) is 4.10. The quantitative estimate of drug-likeness (QED) is 0.731. The first-order valence-corrected chi connectivity index (χ1v) is 10.2. The van der Waals surface area contributed by atoms with Gasteiger partial charge in [-0.2, -0.15) is 0 Å². The minimum atomic E-state index is -0.136. The molecule has 0 aliphatic carbocycles. The van der Waals surface area contributed by atoms with E-state index in [2.05, 4.69) is 32.8 Å². The molecule has 0 bridgehead atoms. The molecule has 0 radical (unpaired) electrons. The van der Waals surface area contributed by atoms with Gasteiger partial charge in [0.25, 0.3) is 0 Å². The number of allylic oxidation sites excluding steroid dienone is 1. The van der Waals surface area contributed by atoms with E-state index in [0.717, 1.165) is 41.8 Å². The van der Waals surface area contributed by atoms with Crippen molar-refractivity contribution in [2.24, 2.45) is 0 Å². The van der Waals surface area contributed by atoms with Crippen molar-refractivity contribution in [1.29, 1.82) is 0 Å². The van der Waals surface area contributed by atoms with E-state index in [1.54, 1.807) is 12.1 Å². The molecular weight excluding hydrogens is 420 g/mol. The number of ketones is 1. The van der Waals surface area contributed by atoms with E-state index >= 15 is 0 Å². The van der Waals surface area contributed by atoms with E-state index in [-0.39, 0.29) is 17.3 Å². The van der Waals surface area contributed by atoms with Gasteiger partial charge in [0.15, 0.2) is 5.76 Å². The lowest BCUT2D eigenvalue weighted by Crippen LogP contribution is -2.43. The van der Waals surface area contributed by atoms with Crippen LogP contribution in [0.15, 0.2) is 40.6 Å². The Morgan fingerprint density at radius 2 is 1.93 bits per heavy atom. The average molecular weight is 443 g/mol. The van der Waals surface area contributed by atoms with Gasteiger partial charge >= 0.3 is 0 Å². The van der Waals surface area contributed by atoms with Gasteiger partial charge in [0, 0.05) is 37.2 Å². The van der Waals surface area contributed by atoms with Gasteiger partial charge in [-0.25, -0.2) is 0 Å². The number of halogens is 1. The van der Waals surface area contributed by atoms with Crippen molar-refractivity contribution >= 4 is 27.8 Å². The average Bonchev–Trinajstić information content (AvgIpc) is 2.99. The molecule has 0 aromatic heterocycles. The van der Waals surface area contributed by atoms with Crippen LogP contribution in [-0.4, -0.2) is 53.9 Å². The zero-order valence-corrected chi connectivity index (χ0v) is 17.6. The molecule has 0 saturated carbocycles. The summed E-state index contributed by atoms with van der Waals surface area (Å²) in [7, 11) is 2.11. The minimum absolute atomic E-state index is 0.136. The van der Waals surface area contributed by atoms with Crippen molar-refractivity contribution in [1.82, 2.24) is 9.80 Å². The molecule has 0 amide bonds. The number of hydrogen-bond acceptors (Lipinski definition) is 5. The van der Waals surface area contributed by atoms with Gasteiger partial charge in [0.1, 0.15) is 11.5 Å². The Morgan fingerprint density at radius 1 is 1.21 bits per heavy atom. The van der Waals surface area contributed by atoms with Gasteiger partial charge in [0.05, 0.1) is 11.1 Å². The zero-order valence-electron chi connectivity index (χ0n) is 16.0. The molecule has 2 aromatic rings. The topological polar surface area (TPSA) is 53.0 Å². The van der Waals surface area contributed by atoms with Crippen LogP contribution in [0.4, 0.5) is 0 Å². The summed E-state index contributed by atoms with van der Waals surface area (Å²) in [6.45, 7) is 6.22. The number of rotatable bonds is 3. The Labute approximate surface area is 173 Å². The molecule has 28 heavy (non-hydrogen) atoms. The predicted molar refractivity (Wildman–Crippen MR) is 113 cm³/mol. The van der Waals surface area contributed by atoms with Gasteiger partial charge in [-0.05, 0) is 43.3 Å². The summed E-state index contributed by atoms with van der Waals surface area (Å²) in [5.74, 6) is 0.836. The molecule has 1 N–H and O–H groups in total. The number of carbonyl (C=O) groups excluding carboxylic acids is 1. The number of hydrogen-bond donors (Lipinski definition) is 1. The molecule has 1 fully saturated rings. The molecule has 2 aliphatic rings. The van der Waals surface area contributed by atoms with Gasteiger partial charge in [-0.15, -0.1) is 0 Å². The Morgan fingerprint density at radius 3 is 2.64 bits per heavy atom. The van der Waals surface area contributed by atoms with Crippen LogP contribution < -0.4 is 4.74 Å². The molecule has 2 aromatic carbocycles. The standard InChI is InChI=1S/C22H23BrN2O3/c1-14-11-18(26)16(13-25-9-7-24(2)8-10-25)22-20(14)21(27)19(28-22)12-15-5-3-4-6-17(15)23/h3-6,11-12,26H,7-10,13H2,1-2H3/b19-12-. The maximum atomic E-state index is 13.0. The SMILES string of the molecule is Cc1cc(O)c(CN2CCN(C)CC2)c2c1C(=O)/C(=C/c1ccccc1Br)O2. The zero-order chi connectivity index (χ0) is 19.8. The van der Waals surface area contributed by atoms with Crippen molar-refractivity contribution in [3.05, 3.63) is 62.8 Å². The molecule has 0 spiro atoms. The first kappa shape index (κ1) is 19.2. The van der Waals surface area contributed by atoms with Gasteiger partial charge in [-0.1, -0.05) is 34.1 Å². The number of phenolic OH excluding ortho intramolecular Hbond substituents is 1. The third-order valence-corrected chi connectivity index (χ3v) is 6.11. The summed E-state index contributed by atoms with van der Waals surface area (Å²) in [5.41, 5.74) is 2.85. The number of phenols is 1. The lowest BCUT2D eigenvalue weighted by molar-refractivity contribution is 0.101. The summed E-state index contributed by atoms with van der Waals surface area (Å²) in [5, 5.41) is 10.6. The second kappa shape index (κ2) is 7.70. The number of piperazine rings is 1. The second-order valence-corrected chi connectivity index (χ2v) is 8.29. The highest BCUT2D eigenvalue weighted by Gasteiger charge is 2.34. The van der Waals surface area contributed by atoms with Crippen LogP contribution >= 0.6 is 15.9 Å². The number of carbonyl (C=O) groups is 1. The Hall–Kier alpha value is -2.15. The number of Topliss-reactive ketones (excluding diaryl/α,β-unsaturated/α-hetero) is 1. The summed E-state index contributed by atoms with van der Waals surface area (Å²) < 4.78 is 6.92. The van der Waals surface area contributed by atoms with Crippen molar-refractivity contribution in [3.8, 4) is 11.5 Å². The largest absolute Gasteiger partial charge is 0.507 e. The smallest absolute Gasteiger partial charge is 0.232 e. The highest BCUT2D eigenvalue weighted by atomic mass is 79.9. The van der Waals surface area contributed by atoms with E-state index in [0.29, 0.717) is 23.4 Å². The maximum absolute atomic E-state index is 13.0. The minimum Gasteiger partial charge on any atom is -0.507 e. The molecule has 4 rings (SSSR count). The number of aromatic hydroxyl groups is 1. The van der Waals surface area contributed by atoms with E-state index in [1.807, 2.05) is 31.2 Å². The number of aryl methyl sites for hydroxylation is 1. The Bertz CT molecular complexity index is 962. The fraction of sp³-hybridized carbons (Fsp3) is 0.318. The molecule has 2 aliphatic heterocycles. The first-order chi connectivity index (χ1) is 13.4. The number of likely N-dealkylation sites (N-methyl/N-ethyl adjacent to an activating group) is 1. The van der Waals surface area contributed by atoms with E-state index in [1.165, 1.54) is 0 Å². The van der Waals surface area contributed by atoms with E-state index in [4.69, 9.17) is 4.74 Å². The highest BCUT2D eigenvalue weighted by Crippen LogP contribution is 2.42. The van der Waals surface area contributed by atoms with E-state index < -0.39 is 0 Å². The van der Waals surface area contributed by atoms with Crippen molar-refractivity contribution in [2.45, 2.75) is 13.5 Å². The number of ether oxygens (including phenoxy) is 1. The molecule has 5 nitrogen and oxygen atoms in total. The van der Waals surface area contributed by atoms with Gasteiger partial charge in [0.2, 0.25) is 5.78 Å². The summed E-state index contributed by atoms with van der Waals surface area (Å²) in [6, 6.07) is 9.36.